The fourth-order valence-corrected chi connectivity index (χ4v) is 2.28. The summed E-state index contributed by atoms with van der Waals surface area (Å²) < 4.78 is 5.55. The van der Waals surface area contributed by atoms with E-state index in [1.54, 1.807) is 0 Å². The van der Waals surface area contributed by atoms with Gasteiger partial charge in [-0.1, -0.05) is 26.0 Å². The number of ether oxygens (including phenoxy) is 1. The molecule has 0 saturated carbocycles. The van der Waals surface area contributed by atoms with E-state index in [0.717, 1.165) is 13.0 Å². The summed E-state index contributed by atoms with van der Waals surface area (Å²) in [6.07, 6.45) is 2.62. The van der Waals surface area contributed by atoms with Gasteiger partial charge in [0.1, 0.15) is 0 Å². The fourth-order valence-electron chi connectivity index (χ4n) is 2.28. The summed E-state index contributed by atoms with van der Waals surface area (Å²) in [7, 11) is 0. The summed E-state index contributed by atoms with van der Waals surface area (Å²) in [5.41, 5.74) is 2.63. The molecule has 1 aliphatic heterocycles. The van der Waals surface area contributed by atoms with Crippen molar-refractivity contribution in [3.8, 4) is 0 Å². The first-order valence-electron chi connectivity index (χ1n) is 6.68. The Morgan fingerprint density at radius 3 is 2.59 bits per heavy atom. The number of benzene rings is 1. The lowest BCUT2D eigenvalue weighted by molar-refractivity contribution is 0.121. The lowest BCUT2D eigenvalue weighted by atomic mass is 9.98. The molecular weight excluding hydrogens is 210 g/mol. The molecule has 17 heavy (non-hydrogen) atoms. The standard InChI is InChI=1S/C15H23NO/c1-4-11(2)13-5-7-14(8-6-13)16-15-9-10-17-12(15)3/h5-8,11-12,15-16H,4,9-10H2,1-3H3. The van der Waals surface area contributed by atoms with Crippen LogP contribution in [0.2, 0.25) is 0 Å². The van der Waals surface area contributed by atoms with Gasteiger partial charge in [-0.05, 0) is 43.4 Å². The zero-order chi connectivity index (χ0) is 12.3. The van der Waals surface area contributed by atoms with Gasteiger partial charge in [-0.3, -0.25) is 0 Å². The van der Waals surface area contributed by atoms with Crippen LogP contribution in [-0.4, -0.2) is 18.8 Å². The van der Waals surface area contributed by atoms with E-state index in [1.807, 2.05) is 0 Å². The molecule has 0 amide bonds. The molecule has 0 bridgehead atoms. The Labute approximate surface area is 104 Å². The molecule has 1 aromatic carbocycles. The van der Waals surface area contributed by atoms with E-state index < -0.39 is 0 Å². The average Bonchev–Trinajstić information content (AvgIpc) is 2.75. The van der Waals surface area contributed by atoms with Gasteiger partial charge in [0, 0.05) is 12.3 Å². The fraction of sp³-hybridized carbons (Fsp3) is 0.600. The Morgan fingerprint density at radius 2 is 2.06 bits per heavy atom. The minimum absolute atomic E-state index is 0.323. The molecule has 3 atom stereocenters. The van der Waals surface area contributed by atoms with Gasteiger partial charge in [0.05, 0.1) is 12.1 Å². The van der Waals surface area contributed by atoms with Crippen molar-refractivity contribution in [3.63, 3.8) is 0 Å². The van der Waals surface area contributed by atoms with Gasteiger partial charge < -0.3 is 10.1 Å². The van der Waals surface area contributed by atoms with Crippen LogP contribution in [0.15, 0.2) is 24.3 Å². The summed E-state index contributed by atoms with van der Waals surface area (Å²) in [5.74, 6) is 0.651. The summed E-state index contributed by atoms with van der Waals surface area (Å²) in [5, 5.41) is 3.55. The number of anilines is 1. The van der Waals surface area contributed by atoms with Crippen molar-refractivity contribution in [2.45, 2.75) is 51.7 Å². The lowest BCUT2D eigenvalue weighted by Gasteiger charge is -2.18. The minimum atomic E-state index is 0.323. The second kappa shape index (κ2) is 5.54. The van der Waals surface area contributed by atoms with Crippen molar-refractivity contribution >= 4 is 5.69 Å². The SMILES string of the molecule is CCC(C)c1ccc(NC2CCOC2C)cc1. The monoisotopic (exact) mass is 233 g/mol. The predicted molar refractivity (Wildman–Crippen MR) is 72.6 cm³/mol. The van der Waals surface area contributed by atoms with Crippen LogP contribution in [0.5, 0.6) is 0 Å². The van der Waals surface area contributed by atoms with Gasteiger partial charge in [-0.25, -0.2) is 0 Å². The smallest absolute Gasteiger partial charge is 0.0748 e. The second-order valence-corrected chi connectivity index (χ2v) is 5.05. The molecule has 1 fully saturated rings. The Kier molecular flexibility index (Phi) is 4.06. The molecule has 2 heteroatoms. The van der Waals surface area contributed by atoms with E-state index in [-0.39, 0.29) is 0 Å². The molecule has 1 heterocycles. The van der Waals surface area contributed by atoms with Gasteiger partial charge >= 0.3 is 0 Å². The molecule has 1 N–H and O–H groups in total. The molecule has 1 aromatic rings. The minimum Gasteiger partial charge on any atom is -0.380 e. The summed E-state index contributed by atoms with van der Waals surface area (Å²) in [6.45, 7) is 7.52. The Morgan fingerprint density at radius 1 is 1.35 bits per heavy atom. The molecule has 0 aromatic heterocycles. The topological polar surface area (TPSA) is 21.3 Å². The molecule has 1 saturated heterocycles. The normalized spacial score (nSPS) is 25.8. The van der Waals surface area contributed by atoms with E-state index in [0.29, 0.717) is 18.1 Å². The van der Waals surface area contributed by atoms with Crippen LogP contribution in [0.1, 0.15) is 45.1 Å². The maximum absolute atomic E-state index is 5.55. The van der Waals surface area contributed by atoms with E-state index in [4.69, 9.17) is 4.74 Å². The number of rotatable bonds is 4. The maximum atomic E-state index is 5.55. The molecular formula is C15H23NO. The Balaban J connectivity index is 1.98. The molecule has 0 aliphatic carbocycles. The van der Waals surface area contributed by atoms with E-state index in [1.165, 1.54) is 17.7 Å². The summed E-state index contributed by atoms with van der Waals surface area (Å²) in [6, 6.07) is 9.30. The van der Waals surface area contributed by atoms with Crippen molar-refractivity contribution in [1.82, 2.24) is 0 Å². The Hall–Kier alpha value is -1.02. The third kappa shape index (κ3) is 3.01. The highest BCUT2D eigenvalue weighted by molar-refractivity contribution is 5.46. The van der Waals surface area contributed by atoms with Crippen molar-refractivity contribution < 1.29 is 4.74 Å². The lowest BCUT2D eigenvalue weighted by Crippen LogP contribution is -2.26. The largest absolute Gasteiger partial charge is 0.380 e. The van der Waals surface area contributed by atoms with Crippen molar-refractivity contribution in [2.24, 2.45) is 0 Å². The van der Waals surface area contributed by atoms with Crippen molar-refractivity contribution in [2.75, 3.05) is 11.9 Å². The van der Waals surface area contributed by atoms with E-state index in [9.17, 15) is 0 Å². The summed E-state index contributed by atoms with van der Waals surface area (Å²) >= 11 is 0. The van der Waals surface area contributed by atoms with Crippen LogP contribution in [-0.2, 0) is 4.74 Å². The van der Waals surface area contributed by atoms with Crippen LogP contribution in [0, 0.1) is 0 Å². The number of hydrogen-bond acceptors (Lipinski definition) is 2. The zero-order valence-corrected chi connectivity index (χ0v) is 11.1. The second-order valence-electron chi connectivity index (χ2n) is 5.05. The van der Waals surface area contributed by atoms with E-state index >= 15 is 0 Å². The van der Waals surface area contributed by atoms with Crippen LogP contribution in [0.25, 0.3) is 0 Å². The first-order valence-corrected chi connectivity index (χ1v) is 6.68. The molecule has 2 nitrogen and oxygen atoms in total. The highest BCUT2D eigenvalue weighted by Crippen LogP contribution is 2.23. The van der Waals surface area contributed by atoms with Gasteiger partial charge in [0.2, 0.25) is 0 Å². The molecule has 0 radical (unpaired) electrons. The molecule has 2 rings (SSSR count). The predicted octanol–water partition coefficient (Wildman–Crippen LogP) is 3.79. The van der Waals surface area contributed by atoms with Gasteiger partial charge in [-0.15, -0.1) is 0 Å². The highest BCUT2D eigenvalue weighted by atomic mass is 16.5. The summed E-state index contributed by atoms with van der Waals surface area (Å²) in [4.78, 5) is 0. The third-order valence-corrected chi connectivity index (χ3v) is 3.82. The van der Waals surface area contributed by atoms with E-state index in [2.05, 4.69) is 50.4 Å². The first kappa shape index (κ1) is 12.4. The molecule has 3 unspecified atom stereocenters. The van der Waals surface area contributed by atoms with Gasteiger partial charge in [0.25, 0.3) is 0 Å². The molecule has 1 aliphatic rings. The quantitative estimate of drug-likeness (QED) is 0.854. The third-order valence-electron chi connectivity index (χ3n) is 3.82. The number of nitrogens with one attached hydrogen (secondary N) is 1. The van der Waals surface area contributed by atoms with Crippen LogP contribution >= 0.6 is 0 Å². The Bertz CT molecular complexity index is 346. The van der Waals surface area contributed by atoms with Crippen LogP contribution in [0.3, 0.4) is 0 Å². The maximum Gasteiger partial charge on any atom is 0.0748 e. The van der Waals surface area contributed by atoms with Crippen molar-refractivity contribution in [1.29, 1.82) is 0 Å². The van der Waals surface area contributed by atoms with Crippen LogP contribution < -0.4 is 5.32 Å². The van der Waals surface area contributed by atoms with Crippen LogP contribution in [0.4, 0.5) is 5.69 Å². The zero-order valence-electron chi connectivity index (χ0n) is 11.1. The first-order chi connectivity index (χ1) is 8.20. The van der Waals surface area contributed by atoms with Gasteiger partial charge in [0.15, 0.2) is 0 Å². The number of hydrogen-bond donors (Lipinski definition) is 1. The molecule has 94 valence electrons. The highest BCUT2D eigenvalue weighted by Gasteiger charge is 2.23. The molecule has 0 spiro atoms. The average molecular weight is 233 g/mol. The van der Waals surface area contributed by atoms with Gasteiger partial charge in [-0.2, -0.15) is 0 Å². The van der Waals surface area contributed by atoms with Crippen molar-refractivity contribution in [3.05, 3.63) is 29.8 Å².